The van der Waals surface area contributed by atoms with Gasteiger partial charge in [-0.05, 0) is 44.4 Å². The average molecular weight is 512 g/mol. The van der Waals surface area contributed by atoms with Crippen molar-refractivity contribution in [1.29, 1.82) is 0 Å². The second kappa shape index (κ2) is 9.87. The van der Waals surface area contributed by atoms with E-state index in [0.717, 1.165) is 0 Å². The Morgan fingerprint density at radius 1 is 1.24 bits per heavy atom. The van der Waals surface area contributed by atoms with Crippen LogP contribution in [-0.2, 0) is 31.3 Å². The Labute approximate surface area is 200 Å². The van der Waals surface area contributed by atoms with Crippen molar-refractivity contribution in [3.8, 4) is 5.88 Å². The number of oxime groups is 1. The average Bonchev–Trinajstić information content (AvgIpc) is 3.17. The molecule has 0 saturated heterocycles. The maximum Gasteiger partial charge on any atom is 0.310 e. The molecule has 186 valence electrons. The zero-order valence-electron chi connectivity index (χ0n) is 19.9. The number of benzene rings is 1. The van der Waals surface area contributed by atoms with Crippen LogP contribution in [0.3, 0.4) is 0 Å². The summed E-state index contributed by atoms with van der Waals surface area (Å²) in [6.07, 6.45) is 2.51. The molecule has 34 heavy (non-hydrogen) atoms. The maximum absolute atomic E-state index is 13.6. The standard InChI is InChI=1S/C22H29N3O7S2/c1-6-8-10-34(29,30)32-22-17(13-23-25(22)7-2)20(26)16-12-14(3)21-19(15(16)4)18(24-31-5)9-11-33(21,27)28/h12-13H,6-11H2,1-5H3. The molecule has 0 radical (unpaired) electrons. The van der Waals surface area contributed by atoms with E-state index in [4.69, 9.17) is 9.02 Å². The number of carbonyl (C=O) groups excluding carboxylic acids is 1. The molecule has 0 N–H and O–H groups in total. The van der Waals surface area contributed by atoms with Crippen LogP contribution in [0.4, 0.5) is 0 Å². The van der Waals surface area contributed by atoms with Gasteiger partial charge in [0.1, 0.15) is 12.7 Å². The van der Waals surface area contributed by atoms with E-state index in [-0.39, 0.29) is 46.4 Å². The number of ketones is 1. The number of carbonyl (C=O) groups is 1. The van der Waals surface area contributed by atoms with Crippen LogP contribution < -0.4 is 4.18 Å². The van der Waals surface area contributed by atoms with Crippen LogP contribution in [0.1, 0.15) is 65.7 Å². The van der Waals surface area contributed by atoms with Gasteiger partial charge in [0, 0.05) is 24.1 Å². The molecular formula is C22H29N3O7S2. The van der Waals surface area contributed by atoms with Gasteiger partial charge in [0.15, 0.2) is 15.6 Å². The van der Waals surface area contributed by atoms with Crippen molar-refractivity contribution in [2.45, 2.75) is 58.4 Å². The molecule has 1 aliphatic heterocycles. The highest BCUT2D eigenvalue weighted by Crippen LogP contribution is 2.35. The van der Waals surface area contributed by atoms with Gasteiger partial charge in [0.05, 0.1) is 28.3 Å². The molecular weight excluding hydrogens is 482 g/mol. The molecule has 3 rings (SSSR count). The zero-order chi connectivity index (χ0) is 25.3. The first-order chi connectivity index (χ1) is 16.0. The summed E-state index contributed by atoms with van der Waals surface area (Å²) in [6.45, 7) is 7.16. The number of aromatic nitrogens is 2. The largest absolute Gasteiger partial charge is 0.399 e. The van der Waals surface area contributed by atoms with Gasteiger partial charge in [-0.15, -0.1) is 0 Å². The molecule has 1 aromatic heterocycles. The fourth-order valence-corrected chi connectivity index (χ4v) is 6.95. The smallest absolute Gasteiger partial charge is 0.310 e. The van der Waals surface area contributed by atoms with E-state index in [0.29, 0.717) is 35.2 Å². The van der Waals surface area contributed by atoms with Crippen molar-refractivity contribution < 1.29 is 30.7 Å². The van der Waals surface area contributed by atoms with E-state index in [2.05, 4.69) is 10.3 Å². The lowest BCUT2D eigenvalue weighted by molar-refractivity contribution is 0.103. The Balaban J connectivity index is 2.18. The summed E-state index contributed by atoms with van der Waals surface area (Å²) in [5.74, 6) is -0.968. The Bertz CT molecular complexity index is 1360. The van der Waals surface area contributed by atoms with Crippen LogP contribution >= 0.6 is 0 Å². The number of nitrogens with zero attached hydrogens (tertiary/aromatic N) is 3. The molecule has 2 heterocycles. The van der Waals surface area contributed by atoms with E-state index in [1.165, 1.54) is 24.1 Å². The second-order valence-corrected chi connectivity index (χ2v) is 11.8. The zero-order valence-corrected chi connectivity index (χ0v) is 21.5. The van der Waals surface area contributed by atoms with Gasteiger partial charge in [0.25, 0.3) is 0 Å². The van der Waals surface area contributed by atoms with Gasteiger partial charge in [-0.2, -0.15) is 13.5 Å². The summed E-state index contributed by atoms with van der Waals surface area (Å²) >= 11 is 0. The van der Waals surface area contributed by atoms with Gasteiger partial charge < -0.3 is 9.02 Å². The van der Waals surface area contributed by atoms with Gasteiger partial charge >= 0.3 is 10.1 Å². The highest BCUT2D eigenvalue weighted by molar-refractivity contribution is 7.91. The van der Waals surface area contributed by atoms with Crippen molar-refractivity contribution >= 4 is 31.5 Å². The third kappa shape index (κ3) is 4.88. The van der Waals surface area contributed by atoms with E-state index >= 15 is 0 Å². The Hall–Kier alpha value is -2.73. The van der Waals surface area contributed by atoms with Gasteiger partial charge in [0.2, 0.25) is 5.88 Å². The van der Waals surface area contributed by atoms with Gasteiger partial charge in [-0.3, -0.25) is 4.79 Å². The number of sulfone groups is 1. The first kappa shape index (κ1) is 25.9. The van der Waals surface area contributed by atoms with Crippen molar-refractivity contribution in [2.75, 3.05) is 18.6 Å². The van der Waals surface area contributed by atoms with Crippen molar-refractivity contribution in [1.82, 2.24) is 9.78 Å². The molecule has 10 nitrogen and oxygen atoms in total. The molecule has 0 amide bonds. The number of rotatable bonds is 9. The topological polar surface area (TPSA) is 134 Å². The lowest BCUT2D eigenvalue weighted by Crippen LogP contribution is -2.26. The summed E-state index contributed by atoms with van der Waals surface area (Å²) in [6, 6.07) is 1.50. The second-order valence-electron chi connectivity index (χ2n) is 8.07. The Kier molecular flexibility index (Phi) is 7.51. The highest BCUT2D eigenvalue weighted by atomic mass is 32.2. The predicted octanol–water partition coefficient (Wildman–Crippen LogP) is 2.79. The normalized spacial score (nSPS) is 16.3. The number of aryl methyl sites for hydroxylation is 2. The molecule has 0 atom stereocenters. The molecule has 12 heteroatoms. The fraction of sp³-hybridized carbons (Fsp3) is 0.500. The van der Waals surface area contributed by atoms with Gasteiger partial charge in [-0.25, -0.2) is 13.1 Å². The quantitative estimate of drug-likeness (QED) is 0.285. The summed E-state index contributed by atoms with van der Waals surface area (Å²) in [5.41, 5.74) is 1.78. The van der Waals surface area contributed by atoms with Crippen LogP contribution in [0.15, 0.2) is 22.3 Å². The third-order valence-electron chi connectivity index (χ3n) is 5.67. The number of hydrogen-bond acceptors (Lipinski definition) is 9. The van der Waals surface area contributed by atoms with E-state index < -0.39 is 25.7 Å². The van der Waals surface area contributed by atoms with Crippen molar-refractivity contribution in [3.05, 3.63) is 40.1 Å². The first-order valence-corrected chi connectivity index (χ1v) is 14.2. The third-order valence-corrected chi connectivity index (χ3v) is 8.76. The fourth-order valence-electron chi connectivity index (χ4n) is 4.01. The molecule has 0 fully saturated rings. The van der Waals surface area contributed by atoms with Crippen LogP contribution in [0, 0.1) is 13.8 Å². The van der Waals surface area contributed by atoms with Crippen LogP contribution in [0.2, 0.25) is 0 Å². The van der Waals surface area contributed by atoms with E-state index in [1.807, 2.05) is 6.92 Å². The number of fused-ring (bicyclic) bond motifs is 1. The lowest BCUT2D eigenvalue weighted by Gasteiger charge is -2.23. The minimum Gasteiger partial charge on any atom is -0.399 e. The summed E-state index contributed by atoms with van der Waals surface area (Å²) in [5, 5.41) is 8.12. The minimum atomic E-state index is -3.93. The number of hydrogen-bond donors (Lipinski definition) is 0. The van der Waals surface area contributed by atoms with Crippen molar-refractivity contribution in [2.24, 2.45) is 5.16 Å². The molecule has 0 bridgehead atoms. The van der Waals surface area contributed by atoms with Crippen LogP contribution in [-0.4, -0.2) is 56.7 Å². The van der Waals surface area contributed by atoms with Crippen LogP contribution in [0.5, 0.6) is 5.88 Å². The number of unbranched alkanes of at least 4 members (excludes halogenated alkanes) is 1. The lowest BCUT2D eigenvalue weighted by atomic mass is 9.91. The molecule has 2 aromatic rings. The predicted molar refractivity (Wildman–Crippen MR) is 127 cm³/mol. The molecule has 0 saturated carbocycles. The molecule has 1 aromatic carbocycles. The Morgan fingerprint density at radius 3 is 2.56 bits per heavy atom. The first-order valence-electron chi connectivity index (χ1n) is 11.0. The summed E-state index contributed by atoms with van der Waals surface area (Å²) in [7, 11) is -6.12. The molecule has 1 aliphatic rings. The van der Waals surface area contributed by atoms with E-state index in [9.17, 15) is 21.6 Å². The molecule has 0 unspecified atom stereocenters. The molecule has 0 spiro atoms. The Morgan fingerprint density at radius 2 is 1.94 bits per heavy atom. The van der Waals surface area contributed by atoms with Gasteiger partial charge in [-0.1, -0.05) is 18.5 Å². The maximum atomic E-state index is 13.6. The monoisotopic (exact) mass is 511 g/mol. The van der Waals surface area contributed by atoms with Crippen LogP contribution in [0.25, 0.3) is 0 Å². The highest BCUT2D eigenvalue weighted by Gasteiger charge is 2.34. The summed E-state index contributed by atoms with van der Waals surface area (Å²) in [4.78, 5) is 18.7. The van der Waals surface area contributed by atoms with E-state index in [1.54, 1.807) is 20.8 Å². The minimum absolute atomic E-state index is 0.0201. The SMILES string of the molecule is CCCCS(=O)(=O)Oc1c(C(=O)c2cc(C)c3c(c2C)C(=NOC)CCS3(=O)=O)cnn1CC. The molecule has 0 aliphatic carbocycles. The van der Waals surface area contributed by atoms with Crippen molar-refractivity contribution in [3.63, 3.8) is 0 Å². The summed E-state index contributed by atoms with van der Waals surface area (Å²) < 4.78 is 57.2.